The van der Waals surface area contributed by atoms with Crippen molar-refractivity contribution in [2.24, 2.45) is 5.10 Å². The average molecular weight is 350 g/mol. The topological polar surface area (TPSA) is 61.5 Å². The lowest BCUT2D eigenvalue weighted by Gasteiger charge is -2.26. The highest BCUT2D eigenvalue weighted by molar-refractivity contribution is 7.99. The number of para-hydroxylation sites is 2. The SMILES string of the molecule is c1ccc(C2=Nn3c(nnc3C3COc4ccccc4O3)SC2)cc1. The second kappa shape index (κ2) is 5.93. The van der Waals surface area contributed by atoms with Gasteiger partial charge in [0.1, 0.15) is 6.61 Å². The lowest BCUT2D eigenvalue weighted by Crippen LogP contribution is -2.25. The van der Waals surface area contributed by atoms with E-state index in [1.807, 2.05) is 42.5 Å². The van der Waals surface area contributed by atoms with Crippen LogP contribution in [-0.4, -0.2) is 32.9 Å². The summed E-state index contributed by atoms with van der Waals surface area (Å²) in [6.07, 6.45) is -0.337. The van der Waals surface area contributed by atoms with Gasteiger partial charge in [0.2, 0.25) is 5.16 Å². The van der Waals surface area contributed by atoms with Crippen molar-refractivity contribution in [3.63, 3.8) is 0 Å². The molecule has 0 fully saturated rings. The Morgan fingerprint density at radius 3 is 2.64 bits per heavy atom. The van der Waals surface area contributed by atoms with Gasteiger partial charge in [-0.1, -0.05) is 54.2 Å². The van der Waals surface area contributed by atoms with E-state index in [9.17, 15) is 0 Å². The number of hydrogen-bond donors (Lipinski definition) is 0. The first-order valence-electron chi connectivity index (χ1n) is 7.98. The van der Waals surface area contributed by atoms with Crippen LogP contribution in [0.5, 0.6) is 11.5 Å². The molecule has 3 aromatic rings. The van der Waals surface area contributed by atoms with Crippen molar-refractivity contribution in [1.29, 1.82) is 0 Å². The van der Waals surface area contributed by atoms with Gasteiger partial charge >= 0.3 is 0 Å². The molecule has 0 aliphatic carbocycles. The zero-order valence-corrected chi connectivity index (χ0v) is 14.0. The summed E-state index contributed by atoms with van der Waals surface area (Å²) in [5, 5.41) is 14.1. The van der Waals surface area contributed by atoms with Crippen LogP contribution in [0.2, 0.25) is 0 Å². The van der Waals surface area contributed by atoms with Gasteiger partial charge in [0, 0.05) is 5.75 Å². The molecule has 2 aliphatic rings. The number of fused-ring (bicyclic) bond motifs is 2. The fourth-order valence-corrected chi connectivity index (χ4v) is 3.71. The molecule has 124 valence electrons. The molecule has 0 N–H and O–H groups in total. The number of aromatic nitrogens is 3. The Morgan fingerprint density at radius 2 is 1.76 bits per heavy atom. The van der Waals surface area contributed by atoms with Crippen molar-refractivity contribution < 1.29 is 9.47 Å². The van der Waals surface area contributed by atoms with E-state index in [4.69, 9.17) is 14.6 Å². The number of nitrogens with zero attached hydrogens (tertiary/aromatic N) is 4. The first-order valence-corrected chi connectivity index (χ1v) is 8.97. The van der Waals surface area contributed by atoms with E-state index in [1.54, 1.807) is 16.4 Å². The van der Waals surface area contributed by atoms with Gasteiger partial charge in [0.15, 0.2) is 23.4 Å². The van der Waals surface area contributed by atoms with Gasteiger partial charge in [-0.05, 0) is 17.7 Å². The van der Waals surface area contributed by atoms with Gasteiger partial charge < -0.3 is 9.47 Å². The van der Waals surface area contributed by atoms with Gasteiger partial charge in [-0.3, -0.25) is 0 Å². The zero-order chi connectivity index (χ0) is 16.6. The predicted molar refractivity (Wildman–Crippen MR) is 94.4 cm³/mol. The highest BCUT2D eigenvalue weighted by atomic mass is 32.2. The summed E-state index contributed by atoms with van der Waals surface area (Å²) in [7, 11) is 0. The molecule has 1 atom stereocenters. The number of rotatable bonds is 2. The third-order valence-corrected chi connectivity index (χ3v) is 5.03. The highest BCUT2D eigenvalue weighted by Crippen LogP contribution is 2.36. The molecule has 2 aliphatic heterocycles. The molecule has 2 aromatic carbocycles. The van der Waals surface area contributed by atoms with Crippen LogP contribution in [0.4, 0.5) is 0 Å². The number of hydrogen-bond acceptors (Lipinski definition) is 6. The lowest BCUT2D eigenvalue weighted by molar-refractivity contribution is 0.0823. The maximum atomic E-state index is 6.06. The van der Waals surface area contributed by atoms with Crippen LogP contribution in [0.25, 0.3) is 0 Å². The molecule has 0 amide bonds. The monoisotopic (exact) mass is 350 g/mol. The van der Waals surface area contributed by atoms with Gasteiger partial charge in [-0.25, -0.2) is 0 Å². The van der Waals surface area contributed by atoms with Crippen LogP contribution in [0, 0.1) is 0 Å². The molecule has 1 unspecified atom stereocenters. The normalized spacial score (nSPS) is 18.4. The van der Waals surface area contributed by atoms with Gasteiger partial charge in [0.25, 0.3) is 0 Å². The van der Waals surface area contributed by atoms with Gasteiger partial charge in [-0.15, -0.1) is 10.2 Å². The summed E-state index contributed by atoms with van der Waals surface area (Å²) in [4.78, 5) is 0. The van der Waals surface area contributed by atoms with Crippen molar-refractivity contribution in [3.05, 3.63) is 66.0 Å². The summed E-state index contributed by atoms with van der Waals surface area (Å²) in [6.45, 7) is 0.385. The first-order chi connectivity index (χ1) is 12.4. The van der Waals surface area contributed by atoms with E-state index >= 15 is 0 Å². The average Bonchev–Trinajstić information content (AvgIpc) is 3.11. The molecular weight excluding hydrogens is 336 g/mol. The van der Waals surface area contributed by atoms with Crippen LogP contribution in [0.15, 0.2) is 64.9 Å². The Balaban J connectivity index is 1.50. The maximum absolute atomic E-state index is 6.06. The van der Waals surface area contributed by atoms with E-state index in [2.05, 4.69) is 22.3 Å². The van der Waals surface area contributed by atoms with Crippen LogP contribution in [0.3, 0.4) is 0 Å². The summed E-state index contributed by atoms with van der Waals surface area (Å²) >= 11 is 1.62. The third kappa shape index (κ3) is 2.56. The Kier molecular flexibility index (Phi) is 3.45. The van der Waals surface area contributed by atoms with Crippen molar-refractivity contribution in [2.45, 2.75) is 11.3 Å². The quantitative estimate of drug-likeness (QED) is 0.710. The summed E-state index contributed by atoms with van der Waals surface area (Å²) < 4.78 is 13.6. The van der Waals surface area contributed by atoms with Gasteiger partial charge in [-0.2, -0.15) is 9.78 Å². The standard InChI is InChI=1S/C18H14N4O2S/c1-2-6-12(7-3-1)13-11-25-18-20-19-17(22(18)21-13)16-10-23-14-8-4-5-9-15(14)24-16/h1-9,16H,10-11H2. The van der Waals surface area contributed by atoms with E-state index < -0.39 is 0 Å². The van der Waals surface area contributed by atoms with Crippen LogP contribution >= 0.6 is 11.8 Å². The van der Waals surface area contributed by atoms with E-state index in [0.717, 1.165) is 27.9 Å². The Morgan fingerprint density at radius 1 is 0.960 bits per heavy atom. The maximum Gasteiger partial charge on any atom is 0.212 e. The van der Waals surface area contributed by atoms with Gasteiger partial charge in [0.05, 0.1) is 5.71 Å². The molecule has 0 bridgehead atoms. The number of thioether (sulfide) groups is 1. The van der Waals surface area contributed by atoms with E-state index in [0.29, 0.717) is 18.2 Å². The molecule has 7 heteroatoms. The predicted octanol–water partition coefficient (Wildman–Crippen LogP) is 3.15. The molecule has 0 radical (unpaired) electrons. The lowest BCUT2D eigenvalue weighted by atomic mass is 10.1. The minimum absolute atomic E-state index is 0.337. The zero-order valence-electron chi connectivity index (χ0n) is 13.2. The molecule has 0 saturated heterocycles. The second-order valence-electron chi connectivity index (χ2n) is 5.72. The molecule has 25 heavy (non-hydrogen) atoms. The fraction of sp³-hybridized carbons (Fsp3) is 0.167. The molecular formula is C18H14N4O2S. The summed E-state index contributed by atoms with van der Waals surface area (Å²) in [5.41, 5.74) is 2.10. The Bertz CT molecular complexity index is 955. The number of ether oxygens (including phenoxy) is 2. The summed E-state index contributed by atoms with van der Waals surface area (Å²) in [6, 6.07) is 17.8. The molecule has 3 heterocycles. The fourth-order valence-electron chi connectivity index (χ4n) is 2.86. The van der Waals surface area contributed by atoms with E-state index in [1.165, 1.54) is 0 Å². The molecule has 0 spiro atoms. The Hall–Kier alpha value is -2.80. The van der Waals surface area contributed by atoms with Crippen LogP contribution in [0.1, 0.15) is 17.5 Å². The van der Waals surface area contributed by atoms with Crippen LogP contribution < -0.4 is 9.47 Å². The largest absolute Gasteiger partial charge is 0.485 e. The highest BCUT2D eigenvalue weighted by Gasteiger charge is 2.30. The van der Waals surface area contributed by atoms with Crippen molar-refractivity contribution in [2.75, 3.05) is 12.4 Å². The van der Waals surface area contributed by atoms with Crippen LogP contribution in [-0.2, 0) is 0 Å². The first kappa shape index (κ1) is 14.5. The molecule has 6 nitrogen and oxygen atoms in total. The minimum Gasteiger partial charge on any atom is -0.485 e. The second-order valence-corrected chi connectivity index (χ2v) is 6.66. The van der Waals surface area contributed by atoms with Crippen molar-refractivity contribution in [1.82, 2.24) is 14.9 Å². The van der Waals surface area contributed by atoms with Crippen molar-refractivity contribution in [3.8, 4) is 11.5 Å². The molecule has 5 rings (SSSR count). The molecule has 0 saturated carbocycles. The van der Waals surface area contributed by atoms with Crippen molar-refractivity contribution >= 4 is 17.5 Å². The third-order valence-electron chi connectivity index (χ3n) is 4.10. The Labute approximate surface area is 148 Å². The summed E-state index contributed by atoms with van der Waals surface area (Å²) in [5.74, 6) is 2.89. The molecule has 1 aromatic heterocycles. The van der Waals surface area contributed by atoms with E-state index in [-0.39, 0.29) is 6.10 Å². The number of benzene rings is 2. The smallest absolute Gasteiger partial charge is 0.212 e. The minimum atomic E-state index is -0.337.